The number of hydrogen-bond acceptors (Lipinski definition) is 3. The molecular formula is C17H20N4O2. The molecule has 1 aliphatic rings. The van der Waals surface area contributed by atoms with Gasteiger partial charge in [0.15, 0.2) is 0 Å². The number of nitrogens with zero attached hydrogens (tertiary/aromatic N) is 3. The van der Waals surface area contributed by atoms with Crippen molar-refractivity contribution in [3.63, 3.8) is 0 Å². The fourth-order valence-electron chi connectivity index (χ4n) is 2.88. The second kappa shape index (κ2) is 6.24. The molecule has 1 aliphatic heterocycles. The zero-order valence-electron chi connectivity index (χ0n) is 13.3. The minimum atomic E-state index is -0.558. The average Bonchev–Trinajstić information content (AvgIpc) is 3.13. The molecular weight excluding hydrogens is 292 g/mol. The number of nitrogens with one attached hydrogen (secondary N) is 1. The van der Waals surface area contributed by atoms with Crippen LogP contribution in [0, 0.1) is 6.92 Å². The molecule has 0 spiro atoms. The smallest absolute Gasteiger partial charge is 0.249 e. The Morgan fingerprint density at radius 3 is 2.87 bits per heavy atom. The van der Waals surface area contributed by atoms with Crippen molar-refractivity contribution in [2.45, 2.75) is 32.9 Å². The summed E-state index contributed by atoms with van der Waals surface area (Å²) in [6.07, 6.45) is 4.26. The summed E-state index contributed by atoms with van der Waals surface area (Å²) in [7, 11) is 0. The summed E-state index contributed by atoms with van der Waals surface area (Å²) < 4.78 is 1.75. The van der Waals surface area contributed by atoms with Gasteiger partial charge in [0.05, 0.1) is 0 Å². The van der Waals surface area contributed by atoms with Crippen LogP contribution in [0.2, 0.25) is 0 Å². The standard InChI is InChI=1S/C17H20N4O2/c1-12(19-16(22)11-20-10-8-18-13(20)2)17(23)21-9-7-14-5-3-4-6-15(14)21/h3-6,8,10,12H,7,9,11H2,1-2H3,(H,19,22). The maximum Gasteiger partial charge on any atom is 0.249 e. The first-order chi connectivity index (χ1) is 11.1. The fraction of sp³-hybridized carbons (Fsp3) is 0.353. The molecule has 1 atom stereocenters. The topological polar surface area (TPSA) is 67.2 Å². The summed E-state index contributed by atoms with van der Waals surface area (Å²) in [5, 5.41) is 2.77. The predicted molar refractivity (Wildman–Crippen MR) is 87.1 cm³/mol. The van der Waals surface area contributed by atoms with Gasteiger partial charge in [-0.05, 0) is 31.9 Å². The van der Waals surface area contributed by atoms with E-state index < -0.39 is 6.04 Å². The number of fused-ring (bicyclic) bond motifs is 1. The predicted octanol–water partition coefficient (Wildman–Crippen LogP) is 1.29. The van der Waals surface area contributed by atoms with Crippen LogP contribution in [0.3, 0.4) is 0 Å². The van der Waals surface area contributed by atoms with E-state index in [1.807, 2.05) is 31.2 Å². The summed E-state index contributed by atoms with van der Waals surface area (Å²) in [4.78, 5) is 30.5. The number of rotatable bonds is 4. The van der Waals surface area contributed by atoms with E-state index in [0.717, 1.165) is 17.9 Å². The Bertz CT molecular complexity index is 738. The SMILES string of the molecule is Cc1nccn1CC(=O)NC(C)C(=O)N1CCc2ccccc21. The molecule has 0 aliphatic carbocycles. The highest BCUT2D eigenvalue weighted by Crippen LogP contribution is 2.27. The van der Waals surface area contributed by atoms with E-state index in [0.29, 0.717) is 6.54 Å². The molecule has 0 saturated carbocycles. The summed E-state index contributed by atoms with van der Waals surface area (Å²) in [6.45, 7) is 4.39. The fourth-order valence-corrected chi connectivity index (χ4v) is 2.88. The summed E-state index contributed by atoms with van der Waals surface area (Å²) in [5.41, 5.74) is 2.12. The van der Waals surface area contributed by atoms with Crippen LogP contribution >= 0.6 is 0 Å². The van der Waals surface area contributed by atoms with E-state index in [1.54, 1.807) is 28.8 Å². The Hall–Kier alpha value is -2.63. The molecule has 1 aromatic heterocycles. The minimum absolute atomic E-state index is 0.0781. The molecule has 0 radical (unpaired) electrons. The van der Waals surface area contributed by atoms with Crippen molar-refractivity contribution in [3.8, 4) is 0 Å². The largest absolute Gasteiger partial charge is 0.343 e. The van der Waals surface area contributed by atoms with Crippen LogP contribution in [-0.2, 0) is 22.6 Å². The number of imidazole rings is 1. The van der Waals surface area contributed by atoms with Crippen molar-refractivity contribution in [2.75, 3.05) is 11.4 Å². The lowest BCUT2D eigenvalue weighted by molar-refractivity contribution is -0.127. The van der Waals surface area contributed by atoms with Crippen molar-refractivity contribution >= 4 is 17.5 Å². The second-order valence-corrected chi connectivity index (χ2v) is 5.76. The maximum atomic E-state index is 12.6. The van der Waals surface area contributed by atoms with Crippen LogP contribution in [0.25, 0.3) is 0 Å². The van der Waals surface area contributed by atoms with Crippen LogP contribution in [0.4, 0.5) is 5.69 Å². The Kier molecular flexibility index (Phi) is 4.14. The average molecular weight is 312 g/mol. The van der Waals surface area contributed by atoms with E-state index in [1.165, 1.54) is 5.56 Å². The number of aryl methyl sites for hydroxylation is 1. The third-order valence-corrected chi connectivity index (χ3v) is 4.14. The van der Waals surface area contributed by atoms with Crippen LogP contribution in [0.1, 0.15) is 18.3 Å². The third kappa shape index (κ3) is 3.11. The molecule has 2 heterocycles. The first-order valence-corrected chi connectivity index (χ1v) is 7.72. The lowest BCUT2D eigenvalue weighted by Crippen LogP contribution is -2.47. The van der Waals surface area contributed by atoms with Crippen LogP contribution in [0.15, 0.2) is 36.7 Å². The molecule has 6 nitrogen and oxygen atoms in total. The molecule has 1 aromatic carbocycles. The minimum Gasteiger partial charge on any atom is -0.343 e. The number of anilines is 1. The highest BCUT2D eigenvalue weighted by Gasteiger charge is 2.28. The molecule has 6 heteroatoms. The van der Waals surface area contributed by atoms with Gasteiger partial charge in [-0.15, -0.1) is 0 Å². The molecule has 2 amide bonds. The molecule has 120 valence electrons. The van der Waals surface area contributed by atoms with Gasteiger partial charge in [-0.25, -0.2) is 4.98 Å². The Labute approximate surface area is 135 Å². The molecule has 1 N–H and O–H groups in total. The second-order valence-electron chi connectivity index (χ2n) is 5.76. The van der Waals surface area contributed by atoms with Crippen molar-refractivity contribution in [2.24, 2.45) is 0 Å². The molecule has 3 rings (SSSR count). The number of hydrogen-bond donors (Lipinski definition) is 1. The number of para-hydroxylation sites is 1. The maximum absolute atomic E-state index is 12.6. The Morgan fingerprint density at radius 2 is 2.13 bits per heavy atom. The van der Waals surface area contributed by atoms with E-state index in [4.69, 9.17) is 0 Å². The van der Waals surface area contributed by atoms with Gasteiger partial charge in [0.1, 0.15) is 18.4 Å². The van der Waals surface area contributed by atoms with Gasteiger partial charge in [-0.2, -0.15) is 0 Å². The van der Waals surface area contributed by atoms with E-state index in [-0.39, 0.29) is 18.4 Å². The van der Waals surface area contributed by atoms with Gasteiger partial charge < -0.3 is 14.8 Å². The molecule has 23 heavy (non-hydrogen) atoms. The summed E-state index contributed by atoms with van der Waals surface area (Å²) in [5.74, 6) is 0.498. The monoisotopic (exact) mass is 312 g/mol. The van der Waals surface area contributed by atoms with Crippen molar-refractivity contribution < 1.29 is 9.59 Å². The number of carbonyl (C=O) groups is 2. The van der Waals surface area contributed by atoms with Crippen molar-refractivity contribution in [3.05, 3.63) is 48.0 Å². The Morgan fingerprint density at radius 1 is 1.35 bits per heavy atom. The molecule has 0 saturated heterocycles. The van der Waals surface area contributed by atoms with Gasteiger partial charge in [0.2, 0.25) is 11.8 Å². The number of benzene rings is 1. The summed E-state index contributed by atoms with van der Waals surface area (Å²) in [6, 6.07) is 7.33. The lowest BCUT2D eigenvalue weighted by Gasteiger charge is -2.22. The van der Waals surface area contributed by atoms with E-state index in [9.17, 15) is 9.59 Å². The van der Waals surface area contributed by atoms with Crippen LogP contribution in [-0.4, -0.2) is 34.0 Å². The molecule has 0 fully saturated rings. The third-order valence-electron chi connectivity index (χ3n) is 4.14. The quantitative estimate of drug-likeness (QED) is 0.925. The van der Waals surface area contributed by atoms with Gasteiger partial charge in [-0.1, -0.05) is 18.2 Å². The lowest BCUT2D eigenvalue weighted by atomic mass is 10.2. The van der Waals surface area contributed by atoms with E-state index >= 15 is 0 Å². The number of aromatic nitrogens is 2. The zero-order chi connectivity index (χ0) is 16.4. The van der Waals surface area contributed by atoms with Crippen molar-refractivity contribution in [1.29, 1.82) is 0 Å². The van der Waals surface area contributed by atoms with Crippen LogP contribution in [0.5, 0.6) is 0 Å². The molecule has 2 aromatic rings. The van der Waals surface area contributed by atoms with Gasteiger partial charge in [0.25, 0.3) is 0 Å². The molecule has 1 unspecified atom stereocenters. The van der Waals surface area contributed by atoms with Gasteiger partial charge in [0, 0.05) is 24.6 Å². The number of carbonyl (C=O) groups excluding carboxylic acids is 2. The first kappa shape index (κ1) is 15.3. The highest BCUT2D eigenvalue weighted by atomic mass is 16.2. The van der Waals surface area contributed by atoms with Crippen LogP contribution < -0.4 is 10.2 Å². The van der Waals surface area contributed by atoms with Gasteiger partial charge in [-0.3, -0.25) is 9.59 Å². The van der Waals surface area contributed by atoms with E-state index in [2.05, 4.69) is 10.3 Å². The Balaban J connectivity index is 1.62. The van der Waals surface area contributed by atoms with Crippen molar-refractivity contribution in [1.82, 2.24) is 14.9 Å². The highest BCUT2D eigenvalue weighted by molar-refractivity contribution is 6.00. The zero-order valence-corrected chi connectivity index (χ0v) is 13.3. The number of amides is 2. The first-order valence-electron chi connectivity index (χ1n) is 7.72. The summed E-state index contributed by atoms with van der Waals surface area (Å²) >= 11 is 0. The normalized spacial score (nSPS) is 14.4. The van der Waals surface area contributed by atoms with Gasteiger partial charge >= 0.3 is 0 Å². The molecule has 0 bridgehead atoms.